The summed E-state index contributed by atoms with van der Waals surface area (Å²) in [6.45, 7) is 5.14. The van der Waals surface area contributed by atoms with E-state index in [0.717, 1.165) is 16.9 Å². The van der Waals surface area contributed by atoms with Crippen LogP contribution in [0.5, 0.6) is 5.75 Å². The van der Waals surface area contributed by atoms with Crippen molar-refractivity contribution in [1.82, 2.24) is 10.1 Å². The number of aromatic nitrogens is 2. The summed E-state index contributed by atoms with van der Waals surface area (Å²) in [6, 6.07) is 3.29. The molecule has 1 aromatic carbocycles. The second-order valence-corrected chi connectivity index (χ2v) is 6.88. The minimum atomic E-state index is -0.680. The Balaban J connectivity index is 1.79. The quantitative estimate of drug-likeness (QED) is 0.527. The Hall–Kier alpha value is -3.40. The van der Waals surface area contributed by atoms with Crippen molar-refractivity contribution in [2.75, 3.05) is 10.6 Å². The number of benzene rings is 1. The van der Waals surface area contributed by atoms with E-state index in [1.165, 1.54) is 6.20 Å². The average Bonchev–Trinajstić information content (AvgIpc) is 3.22. The highest BCUT2D eigenvalue weighted by Crippen LogP contribution is 2.30. The van der Waals surface area contributed by atoms with Crippen LogP contribution in [0.3, 0.4) is 0 Å². The highest BCUT2D eigenvalue weighted by atomic mass is 32.1. The van der Waals surface area contributed by atoms with E-state index in [9.17, 15) is 14.7 Å². The van der Waals surface area contributed by atoms with Crippen LogP contribution in [-0.4, -0.2) is 27.1 Å². The number of rotatable bonds is 5. The van der Waals surface area contributed by atoms with E-state index in [1.807, 2.05) is 6.92 Å². The van der Waals surface area contributed by atoms with E-state index in [-0.39, 0.29) is 23.1 Å². The molecule has 27 heavy (non-hydrogen) atoms. The standard InChI is InChI=1S/C17H17N5O4S/c1-7-4-5-10(23)8(2)13(7)20-15(25)11-6-19-17(27-11)21-16-12(14(18)24)9(3)22-26-16/h4-6,23H,1-3H3,(H2,18,24)(H,19,21)(H,20,25). The van der Waals surface area contributed by atoms with Gasteiger partial charge in [0.25, 0.3) is 11.8 Å². The lowest BCUT2D eigenvalue weighted by atomic mass is 10.1. The molecule has 0 atom stereocenters. The smallest absolute Gasteiger partial charge is 0.267 e. The highest BCUT2D eigenvalue weighted by Gasteiger charge is 2.20. The van der Waals surface area contributed by atoms with Crippen LogP contribution in [-0.2, 0) is 0 Å². The SMILES string of the molecule is Cc1ccc(O)c(C)c1NC(=O)c1cnc(Nc2onc(C)c2C(N)=O)s1. The Morgan fingerprint density at radius 1 is 1.26 bits per heavy atom. The molecule has 0 radical (unpaired) electrons. The van der Waals surface area contributed by atoms with Gasteiger partial charge < -0.3 is 20.7 Å². The second-order valence-electron chi connectivity index (χ2n) is 5.85. The van der Waals surface area contributed by atoms with Gasteiger partial charge in [0.15, 0.2) is 5.13 Å². The Bertz CT molecular complexity index is 1040. The first kappa shape index (κ1) is 18.4. The van der Waals surface area contributed by atoms with Gasteiger partial charge in [-0.05, 0) is 32.4 Å². The van der Waals surface area contributed by atoms with Crippen molar-refractivity contribution in [2.24, 2.45) is 5.73 Å². The predicted molar refractivity (Wildman–Crippen MR) is 101 cm³/mol. The summed E-state index contributed by atoms with van der Waals surface area (Å²) in [4.78, 5) is 28.4. The topological polar surface area (TPSA) is 143 Å². The number of nitrogens with two attached hydrogens (primary N) is 1. The number of amides is 2. The molecule has 0 unspecified atom stereocenters. The number of phenolic OH excluding ortho intramolecular Hbond substituents is 1. The van der Waals surface area contributed by atoms with E-state index >= 15 is 0 Å². The Kier molecular flexibility index (Phi) is 4.82. The van der Waals surface area contributed by atoms with Gasteiger partial charge in [-0.3, -0.25) is 14.9 Å². The van der Waals surface area contributed by atoms with Crippen molar-refractivity contribution < 1.29 is 19.2 Å². The van der Waals surface area contributed by atoms with Crippen LogP contribution in [0.1, 0.15) is 36.9 Å². The van der Waals surface area contributed by atoms with Crippen molar-refractivity contribution in [3.05, 3.63) is 45.6 Å². The fourth-order valence-corrected chi connectivity index (χ4v) is 3.19. The second kappa shape index (κ2) is 7.08. The van der Waals surface area contributed by atoms with E-state index in [0.29, 0.717) is 27.0 Å². The summed E-state index contributed by atoms with van der Waals surface area (Å²) in [5.41, 5.74) is 7.74. The number of aromatic hydroxyl groups is 1. The third kappa shape index (κ3) is 3.60. The average molecular weight is 387 g/mol. The molecule has 0 fully saturated rings. The maximum absolute atomic E-state index is 12.5. The van der Waals surface area contributed by atoms with E-state index in [4.69, 9.17) is 10.3 Å². The molecule has 0 saturated heterocycles. The van der Waals surface area contributed by atoms with Gasteiger partial charge in [0, 0.05) is 5.56 Å². The van der Waals surface area contributed by atoms with Gasteiger partial charge in [0.1, 0.15) is 16.2 Å². The number of carbonyl (C=O) groups excluding carboxylic acids is 2. The zero-order chi connectivity index (χ0) is 19.7. The van der Waals surface area contributed by atoms with E-state index in [1.54, 1.807) is 26.0 Å². The maximum Gasteiger partial charge on any atom is 0.267 e. The molecular weight excluding hydrogens is 370 g/mol. The minimum Gasteiger partial charge on any atom is -0.508 e. The summed E-state index contributed by atoms with van der Waals surface area (Å²) in [5.74, 6) is -0.884. The van der Waals surface area contributed by atoms with Crippen LogP contribution in [0.2, 0.25) is 0 Å². The number of aryl methyl sites for hydroxylation is 2. The fraction of sp³-hybridized carbons (Fsp3) is 0.176. The molecule has 5 N–H and O–H groups in total. The Morgan fingerprint density at radius 3 is 2.70 bits per heavy atom. The first-order valence-corrected chi connectivity index (χ1v) is 8.69. The molecular formula is C17H17N5O4S. The first-order chi connectivity index (χ1) is 12.8. The molecule has 2 amide bonds. The van der Waals surface area contributed by atoms with Crippen molar-refractivity contribution in [3.8, 4) is 5.75 Å². The first-order valence-electron chi connectivity index (χ1n) is 7.87. The zero-order valence-corrected chi connectivity index (χ0v) is 15.6. The summed E-state index contributed by atoms with van der Waals surface area (Å²) in [5, 5.41) is 19.4. The Morgan fingerprint density at radius 2 is 2.00 bits per heavy atom. The molecule has 10 heteroatoms. The van der Waals surface area contributed by atoms with Gasteiger partial charge in [-0.2, -0.15) is 0 Å². The number of thiazole rings is 1. The number of phenols is 1. The van der Waals surface area contributed by atoms with Crippen LogP contribution in [0.4, 0.5) is 16.7 Å². The number of carbonyl (C=O) groups is 2. The molecule has 140 valence electrons. The third-order valence-electron chi connectivity index (χ3n) is 3.94. The summed E-state index contributed by atoms with van der Waals surface area (Å²) in [6.07, 6.45) is 1.39. The lowest BCUT2D eigenvalue weighted by Gasteiger charge is -2.11. The molecule has 0 aliphatic rings. The van der Waals surface area contributed by atoms with Crippen LogP contribution in [0, 0.1) is 20.8 Å². The number of nitrogens with zero attached hydrogens (tertiary/aromatic N) is 2. The van der Waals surface area contributed by atoms with Gasteiger partial charge in [-0.25, -0.2) is 4.98 Å². The molecule has 2 aromatic heterocycles. The van der Waals surface area contributed by atoms with Crippen molar-refractivity contribution in [2.45, 2.75) is 20.8 Å². The molecule has 0 spiro atoms. The van der Waals surface area contributed by atoms with Gasteiger partial charge >= 0.3 is 0 Å². The van der Waals surface area contributed by atoms with Crippen molar-refractivity contribution >= 4 is 39.9 Å². The van der Waals surface area contributed by atoms with E-state index < -0.39 is 5.91 Å². The molecule has 3 rings (SSSR count). The van der Waals surface area contributed by atoms with Crippen LogP contribution < -0.4 is 16.4 Å². The number of hydrogen-bond acceptors (Lipinski definition) is 8. The molecule has 0 aliphatic heterocycles. The summed E-state index contributed by atoms with van der Waals surface area (Å²) >= 11 is 1.06. The van der Waals surface area contributed by atoms with Crippen molar-refractivity contribution in [3.63, 3.8) is 0 Å². The number of primary amides is 1. The number of hydrogen-bond donors (Lipinski definition) is 4. The molecule has 3 aromatic rings. The van der Waals surface area contributed by atoms with Gasteiger partial charge in [-0.15, -0.1) is 0 Å². The fourth-order valence-electron chi connectivity index (χ4n) is 2.48. The summed E-state index contributed by atoms with van der Waals surface area (Å²) in [7, 11) is 0. The Labute approximate surface area is 158 Å². The molecule has 0 aliphatic carbocycles. The van der Waals surface area contributed by atoms with Crippen LogP contribution in [0.25, 0.3) is 0 Å². The number of nitrogens with one attached hydrogen (secondary N) is 2. The van der Waals surface area contributed by atoms with Crippen LogP contribution >= 0.6 is 11.3 Å². The molecule has 0 saturated carbocycles. The zero-order valence-electron chi connectivity index (χ0n) is 14.8. The highest BCUT2D eigenvalue weighted by molar-refractivity contribution is 7.17. The summed E-state index contributed by atoms with van der Waals surface area (Å²) < 4.78 is 5.05. The van der Waals surface area contributed by atoms with E-state index in [2.05, 4.69) is 20.8 Å². The molecule has 9 nitrogen and oxygen atoms in total. The maximum atomic E-state index is 12.5. The largest absolute Gasteiger partial charge is 0.508 e. The van der Waals surface area contributed by atoms with Gasteiger partial charge in [0.05, 0.1) is 17.6 Å². The monoisotopic (exact) mass is 387 g/mol. The number of anilines is 3. The van der Waals surface area contributed by atoms with Gasteiger partial charge in [0.2, 0.25) is 5.88 Å². The third-order valence-corrected chi connectivity index (χ3v) is 4.85. The lowest BCUT2D eigenvalue weighted by Crippen LogP contribution is -2.13. The predicted octanol–water partition coefficient (Wildman–Crippen LogP) is 2.86. The van der Waals surface area contributed by atoms with Crippen molar-refractivity contribution in [1.29, 1.82) is 0 Å². The van der Waals surface area contributed by atoms with Gasteiger partial charge in [-0.1, -0.05) is 22.6 Å². The van der Waals surface area contributed by atoms with Crippen LogP contribution in [0.15, 0.2) is 22.9 Å². The lowest BCUT2D eigenvalue weighted by molar-refractivity contribution is 0.0997. The molecule has 0 bridgehead atoms. The normalized spacial score (nSPS) is 10.6. The minimum absolute atomic E-state index is 0.0704. The molecule has 2 heterocycles.